The number of aliphatic imine (C=N–C) groups is 1. The molecule has 1 aliphatic heterocycles. The van der Waals surface area contributed by atoms with Crippen LogP contribution in [0.1, 0.15) is 30.2 Å². The summed E-state index contributed by atoms with van der Waals surface area (Å²) in [6, 6.07) is 1.81. The number of nitrogens with one attached hydrogen (secondary N) is 2. The van der Waals surface area contributed by atoms with Crippen molar-refractivity contribution in [2.45, 2.75) is 33.2 Å². The Morgan fingerprint density at radius 1 is 1.13 bits per heavy atom. The highest BCUT2D eigenvalue weighted by Gasteiger charge is 2.22. The standard InChI is InChI=1S/C20H30N8OS/c1-3-16-14-25-17(30-16)15-26-19(21-4-2)22-9-6-18(29)27-10-12-28(13-11-27)20-23-7-5-8-24-20/h5,7-8,14H,3-4,6,9-13,15H2,1-2H3,(H2,21,22,26). The van der Waals surface area contributed by atoms with Gasteiger partial charge in [-0.25, -0.2) is 19.9 Å². The van der Waals surface area contributed by atoms with Gasteiger partial charge in [-0.3, -0.25) is 4.79 Å². The monoisotopic (exact) mass is 430 g/mol. The van der Waals surface area contributed by atoms with Gasteiger partial charge in [0.2, 0.25) is 11.9 Å². The van der Waals surface area contributed by atoms with Crippen LogP contribution in [-0.4, -0.2) is 71.0 Å². The van der Waals surface area contributed by atoms with Gasteiger partial charge in [0.25, 0.3) is 0 Å². The lowest BCUT2D eigenvalue weighted by molar-refractivity contribution is -0.131. The average molecular weight is 431 g/mol. The molecule has 9 nitrogen and oxygen atoms in total. The molecule has 1 saturated heterocycles. The van der Waals surface area contributed by atoms with Crippen molar-refractivity contribution in [3.05, 3.63) is 34.5 Å². The van der Waals surface area contributed by atoms with Crippen LogP contribution in [0.5, 0.6) is 0 Å². The van der Waals surface area contributed by atoms with Crippen LogP contribution < -0.4 is 15.5 Å². The number of rotatable bonds is 8. The molecule has 0 aliphatic carbocycles. The van der Waals surface area contributed by atoms with E-state index in [1.54, 1.807) is 29.8 Å². The van der Waals surface area contributed by atoms with Crippen molar-refractivity contribution in [2.24, 2.45) is 4.99 Å². The molecule has 0 atom stereocenters. The SMILES string of the molecule is CCNC(=NCc1ncc(CC)s1)NCCC(=O)N1CCN(c2ncccn2)CC1. The minimum atomic E-state index is 0.152. The Bertz CT molecular complexity index is 817. The van der Waals surface area contributed by atoms with Crippen LogP contribution in [0.2, 0.25) is 0 Å². The van der Waals surface area contributed by atoms with E-state index in [4.69, 9.17) is 0 Å². The predicted molar refractivity (Wildman–Crippen MR) is 120 cm³/mol. The number of nitrogens with zero attached hydrogens (tertiary/aromatic N) is 6. The van der Waals surface area contributed by atoms with Crippen LogP contribution in [0.15, 0.2) is 29.6 Å². The number of carbonyl (C=O) groups excluding carboxylic acids is 1. The third-order valence-corrected chi connectivity index (χ3v) is 5.89. The van der Waals surface area contributed by atoms with E-state index in [-0.39, 0.29) is 5.91 Å². The molecule has 3 heterocycles. The van der Waals surface area contributed by atoms with E-state index in [9.17, 15) is 4.79 Å². The topological polar surface area (TPSA) is 98.6 Å². The number of guanidine groups is 1. The molecule has 0 unspecified atom stereocenters. The normalized spacial score (nSPS) is 14.7. The minimum absolute atomic E-state index is 0.152. The van der Waals surface area contributed by atoms with Gasteiger partial charge >= 0.3 is 0 Å². The van der Waals surface area contributed by atoms with Crippen LogP contribution >= 0.6 is 11.3 Å². The third-order valence-electron chi connectivity index (χ3n) is 4.77. The fourth-order valence-electron chi connectivity index (χ4n) is 3.13. The molecule has 30 heavy (non-hydrogen) atoms. The van der Waals surface area contributed by atoms with Gasteiger partial charge in [0, 0.05) is 69.2 Å². The van der Waals surface area contributed by atoms with E-state index >= 15 is 0 Å². The first-order chi connectivity index (χ1) is 14.7. The van der Waals surface area contributed by atoms with Gasteiger partial charge in [-0.2, -0.15) is 0 Å². The number of aryl methyl sites for hydroxylation is 1. The van der Waals surface area contributed by atoms with Crippen LogP contribution in [0.25, 0.3) is 0 Å². The number of anilines is 1. The summed E-state index contributed by atoms with van der Waals surface area (Å²) in [5.41, 5.74) is 0. The van der Waals surface area contributed by atoms with Crippen molar-refractivity contribution in [3.8, 4) is 0 Å². The number of thiazole rings is 1. The zero-order valence-corrected chi connectivity index (χ0v) is 18.5. The maximum Gasteiger partial charge on any atom is 0.225 e. The number of piperazine rings is 1. The van der Waals surface area contributed by atoms with Gasteiger partial charge in [0.05, 0.1) is 6.54 Å². The molecule has 0 saturated carbocycles. The molecular weight excluding hydrogens is 400 g/mol. The van der Waals surface area contributed by atoms with E-state index in [1.807, 2.05) is 18.0 Å². The molecular formula is C20H30N8OS. The Morgan fingerprint density at radius 2 is 1.90 bits per heavy atom. The highest BCUT2D eigenvalue weighted by Crippen LogP contribution is 2.14. The summed E-state index contributed by atoms with van der Waals surface area (Å²) in [6.07, 6.45) is 6.83. The van der Waals surface area contributed by atoms with E-state index in [2.05, 4.69) is 42.4 Å². The van der Waals surface area contributed by atoms with Gasteiger partial charge in [0.15, 0.2) is 5.96 Å². The number of aromatic nitrogens is 3. The molecule has 1 aliphatic rings. The Balaban J connectivity index is 1.41. The van der Waals surface area contributed by atoms with E-state index in [1.165, 1.54) is 4.88 Å². The maximum atomic E-state index is 12.6. The molecule has 2 aromatic rings. The second-order valence-electron chi connectivity index (χ2n) is 6.86. The molecule has 2 N–H and O–H groups in total. The van der Waals surface area contributed by atoms with Crippen LogP contribution in [0.3, 0.4) is 0 Å². The van der Waals surface area contributed by atoms with E-state index in [0.717, 1.165) is 37.0 Å². The second kappa shape index (κ2) is 11.4. The molecule has 0 spiro atoms. The lowest BCUT2D eigenvalue weighted by Gasteiger charge is -2.34. The molecule has 162 valence electrons. The number of hydrogen-bond donors (Lipinski definition) is 2. The van der Waals surface area contributed by atoms with Crippen molar-refractivity contribution >= 4 is 29.2 Å². The molecule has 0 bridgehead atoms. The van der Waals surface area contributed by atoms with Gasteiger partial charge in [-0.15, -0.1) is 11.3 Å². The fourth-order valence-corrected chi connectivity index (χ4v) is 3.92. The smallest absolute Gasteiger partial charge is 0.225 e. The molecule has 0 aromatic carbocycles. The third kappa shape index (κ3) is 6.38. The van der Waals surface area contributed by atoms with Gasteiger partial charge < -0.3 is 20.4 Å². The van der Waals surface area contributed by atoms with Gasteiger partial charge in [-0.05, 0) is 19.4 Å². The van der Waals surface area contributed by atoms with E-state index in [0.29, 0.717) is 38.6 Å². The largest absolute Gasteiger partial charge is 0.357 e. The molecule has 1 fully saturated rings. The summed E-state index contributed by atoms with van der Waals surface area (Å²) in [6.45, 7) is 8.88. The van der Waals surface area contributed by atoms with Crippen molar-refractivity contribution in [1.82, 2.24) is 30.5 Å². The Kier molecular flexibility index (Phi) is 8.37. The fraction of sp³-hybridized carbons (Fsp3) is 0.550. The molecule has 3 rings (SSSR count). The van der Waals surface area contributed by atoms with Gasteiger partial charge in [-0.1, -0.05) is 6.92 Å². The van der Waals surface area contributed by atoms with Crippen LogP contribution in [-0.2, 0) is 17.8 Å². The first-order valence-electron chi connectivity index (χ1n) is 10.4. The second-order valence-corrected chi connectivity index (χ2v) is 8.06. The summed E-state index contributed by atoms with van der Waals surface area (Å²) in [4.78, 5) is 35.4. The van der Waals surface area contributed by atoms with Crippen molar-refractivity contribution in [3.63, 3.8) is 0 Å². The lowest BCUT2D eigenvalue weighted by Crippen LogP contribution is -2.50. The first kappa shape index (κ1) is 21.9. The highest BCUT2D eigenvalue weighted by molar-refractivity contribution is 7.11. The van der Waals surface area contributed by atoms with E-state index < -0.39 is 0 Å². The minimum Gasteiger partial charge on any atom is -0.357 e. The number of amides is 1. The summed E-state index contributed by atoms with van der Waals surface area (Å²) < 4.78 is 0. The number of carbonyl (C=O) groups is 1. The quantitative estimate of drug-likeness (QED) is 0.481. The van der Waals surface area contributed by atoms with Crippen LogP contribution in [0.4, 0.5) is 5.95 Å². The zero-order valence-electron chi connectivity index (χ0n) is 17.7. The number of hydrogen-bond acceptors (Lipinski definition) is 7. The highest BCUT2D eigenvalue weighted by atomic mass is 32.1. The lowest BCUT2D eigenvalue weighted by atomic mass is 10.3. The maximum absolute atomic E-state index is 12.6. The first-order valence-corrected chi connectivity index (χ1v) is 11.3. The van der Waals surface area contributed by atoms with Crippen molar-refractivity contribution < 1.29 is 4.79 Å². The Labute approximate surface area is 181 Å². The Hall–Kier alpha value is -2.75. The summed E-state index contributed by atoms with van der Waals surface area (Å²) in [7, 11) is 0. The predicted octanol–water partition coefficient (Wildman–Crippen LogP) is 1.29. The van der Waals surface area contributed by atoms with Gasteiger partial charge in [0.1, 0.15) is 5.01 Å². The molecule has 2 aromatic heterocycles. The zero-order chi connectivity index (χ0) is 21.2. The molecule has 10 heteroatoms. The molecule has 1 amide bonds. The van der Waals surface area contributed by atoms with Crippen LogP contribution in [0, 0.1) is 0 Å². The summed E-state index contributed by atoms with van der Waals surface area (Å²) in [5.74, 6) is 1.59. The average Bonchev–Trinajstić information content (AvgIpc) is 3.26. The summed E-state index contributed by atoms with van der Waals surface area (Å²) >= 11 is 1.69. The van der Waals surface area contributed by atoms with Crippen molar-refractivity contribution in [2.75, 3.05) is 44.2 Å². The van der Waals surface area contributed by atoms with Crippen molar-refractivity contribution in [1.29, 1.82) is 0 Å². The summed E-state index contributed by atoms with van der Waals surface area (Å²) in [5, 5.41) is 7.48. The Morgan fingerprint density at radius 3 is 2.57 bits per heavy atom. The molecule has 0 radical (unpaired) electrons.